The average Bonchev–Trinajstić information content (AvgIpc) is 3.55. The minimum absolute atomic E-state index is 0.123. The second-order valence-electron chi connectivity index (χ2n) is 10.8. The van der Waals surface area contributed by atoms with Gasteiger partial charge in [0.2, 0.25) is 18.2 Å². The van der Waals surface area contributed by atoms with Crippen LogP contribution in [0.15, 0.2) is 79.0 Å². The van der Waals surface area contributed by atoms with E-state index in [0.717, 1.165) is 52.2 Å². The van der Waals surface area contributed by atoms with Crippen molar-refractivity contribution >= 4 is 30.0 Å². The van der Waals surface area contributed by atoms with Gasteiger partial charge in [-0.1, -0.05) is 74.5 Å². The predicted molar refractivity (Wildman–Crippen MR) is 178 cm³/mol. The Hall–Kier alpha value is -5.45. The van der Waals surface area contributed by atoms with Gasteiger partial charge in [-0.2, -0.15) is 0 Å². The van der Waals surface area contributed by atoms with Crippen LogP contribution in [0.1, 0.15) is 32.5 Å². The number of anilines is 1. The summed E-state index contributed by atoms with van der Waals surface area (Å²) in [5, 5.41) is 5.19. The molecule has 0 atom stereocenters. The first kappa shape index (κ1) is 33.4. The highest BCUT2D eigenvalue weighted by molar-refractivity contribution is 5.95. The Morgan fingerprint density at radius 2 is 1.37 bits per heavy atom. The highest BCUT2D eigenvalue weighted by Gasteiger charge is 2.17. The molecule has 11 heteroatoms. The number of methoxy groups -OCH3 is 1. The third-order valence-corrected chi connectivity index (χ3v) is 7.31. The van der Waals surface area contributed by atoms with Crippen LogP contribution in [-0.4, -0.2) is 77.4 Å². The Kier molecular flexibility index (Phi) is 12.0. The molecule has 0 aliphatic heterocycles. The van der Waals surface area contributed by atoms with Crippen LogP contribution in [0.25, 0.3) is 33.5 Å². The zero-order valence-electron chi connectivity index (χ0n) is 26.4. The van der Waals surface area contributed by atoms with Gasteiger partial charge in [-0.25, -0.2) is 9.78 Å². The average molecular weight is 625 g/mol. The molecule has 3 aromatic carbocycles. The first-order valence-electron chi connectivity index (χ1n) is 15.3. The molecule has 4 aromatic rings. The molecule has 0 saturated heterocycles. The van der Waals surface area contributed by atoms with Crippen molar-refractivity contribution in [1.82, 2.24) is 25.1 Å². The number of hydrogen-bond donors (Lipinski definition) is 3. The lowest BCUT2D eigenvalue weighted by Gasteiger charge is -2.21. The molecule has 0 bridgehead atoms. The van der Waals surface area contributed by atoms with Gasteiger partial charge in [0.25, 0.3) is 0 Å². The van der Waals surface area contributed by atoms with Crippen LogP contribution in [0.4, 0.5) is 10.5 Å². The van der Waals surface area contributed by atoms with Gasteiger partial charge in [0.05, 0.1) is 32.1 Å². The van der Waals surface area contributed by atoms with Crippen LogP contribution >= 0.6 is 0 Å². The van der Waals surface area contributed by atoms with Crippen molar-refractivity contribution in [2.45, 2.75) is 33.2 Å². The molecule has 11 nitrogen and oxygen atoms in total. The molecule has 4 rings (SSSR count). The molecule has 0 unspecified atom stereocenters. The van der Waals surface area contributed by atoms with Gasteiger partial charge >= 0.3 is 6.09 Å². The van der Waals surface area contributed by atoms with Gasteiger partial charge in [-0.3, -0.25) is 14.4 Å². The number of hydrogen-bond acceptors (Lipinski definition) is 6. The van der Waals surface area contributed by atoms with Crippen molar-refractivity contribution in [3.63, 3.8) is 0 Å². The summed E-state index contributed by atoms with van der Waals surface area (Å²) in [5.41, 5.74) is 6.73. The molecule has 1 heterocycles. The van der Waals surface area contributed by atoms with Crippen molar-refractivity contribution in [1.29, 1.82) is 0 Å². The fourth-order valence-electron chi connectivity index (χ4n) is 4.95. The number of carbonyl (C=O) groups excluding carboxylic acids is 4. The SMILES string of the molecule is CCCN(C=O)Cc1ncc(-c2ccc(-c3ccc(-c4ccc(NC(=O)CN(CCC)C(=O)CNC(=O)OC)cc4)cc3)cc2)[nH]1. The van der Waals surface area contributed by atoms with Gasteiger partial charge in [0.1, 0.15) is 12.4 Å². The van der Waals surface area contributed by atoms with E-state index in [4.69, 9.17) is 0 Å². The summed E-state index contributed by atoms with van der Waals surface area (Å²) in [6, 6.07) is 24.0. The molecule has 0 spiro atoms. The van der Waals surface area contributed by atoms with Crippen molar-refractivity contribution in [2.24, 2.45) is 0 Å². The largest absolute Gasteiger partial charge is 0.453 e. The Labute approximate surface area is 269 Å². The lowest BCUT2D eigenvalue weighted by Crippen LogP contribution is -2.44. The van der Waals surface area contributed by atoms with E-state index in [1.54, 1.807) is 11.1 Å². The molecular weight excluding hydrogens is 584 g/mol. The van der Waals surface area contributed by atoms with Crippen molar-refractivity contribution in [2.75, 3.05) is 38.6 Å². The molecule has 4 amide bonds. The van der Waals surface area contributed by atoms with Crippen LogP contribution in [-0.2, 0) is 25.7 Å². The van der Waals surface area contributed by atoms with E-state index in [1.165, 1.54) is 12.0 Å². The molecule has 3 N–H and O–H groups in total. The maximum atomic E-state index is 12.7. The number of benzene rings is 3. The Balaban J connectivity index is 1.33. The van der Waals surface area contributed by atoms with Crippen LogP contribution in [0.2, 0.25) is 0 Å². The van der Waals surface area contributed by atoms with E-state index in [2.05, 4.69) is 61.7 Å². The molecule has 0 radical (unpaired) electrons. The molecular formula is C35H40N6O5. The second-order valence-corrected chi connectivity index (χ2v) is 10.8. The number of alkyl carbamates (subject to hydrolysis) is 1. The molecule has 240 valence electrons. The fourth-order valence-corrected chi connectivity index (χ4v) is 4.95. The Morgan fingerprint density at radius 1 is 0.826 bits per heavy atom. The maximum Gasteiger partial charge on any atom is 0.407 e. The van der Waals surface area contributed by atoms with E-state index < -0.39 is 6.09 Å². The first-order chi connectivity index (χ1) is 22.3. The number of aromatic nitrogens is 2. The number of carbonyl (C=O) groups is 4. The van der Waals surface area contributed by atoms with E-state index in [0.29, 0.717) is 31.7 Å². The normalized spacial score (nSPS) is 10.6. The topological polar surface area (TPSA) is 137 Å². The van der Waals surface area contributed by atoms with Crippen LogP contribution in [0, 0.1) is 0 Å². The number of nitrogens with one attached hydrogen (secondary N) is 3. The highest BCUT2D eigenvalue weighted by Crippen LogP contribution is 2.28. The zero-order chi connectivity index (χ0) is 32.9. The summed E-state index contributed by atoms with van der Waals surface area (Å²) in [7, 11) is 1.22. The van der Waals surface area contributed by atoms with Crippen molar-refractivity contribution in [3.8, 4) is 33.5 Å². The number of rotatable bonds is 15. The summed E-state index contributed by atoms with van der Waals surface area (Å²) in [4.78, 5) is 58.5. The number of nitrogens with zero attached hydrogens (tertiary/aromatic N) is 3. The maximum absolute atomic E-state index is 12.7. The van der Waals surface area contributed by atoms with Crippen LogP contribution in [0.3, 0.4) is 0 Å². The van der Waals surface area contributed by atoms with Gasteiger partial charge in [-0.15, -0.1) is 0 Å². The van der Waals surface area contributed by atoms with Gasteiger partial charge < -0.3 is 30.2 Å². The van der Waals surface area contributed by atoms with Crippen LogP contribution < -0.4 is 10.6 Å². The highest BCUT2D eigenvalue weighted by atomic mass is 16.5. The molecule has 1 aromatic heterocycles. The van der Waals surface area contributed by atoms with E-state index in [-0.39, 0.29) is 24.9 Å². The Bertz CT molecular complexity index is 1600. The number of aromatic amines is 1. The minimum Gasteiger partial charge on any atom is -0.453 e. The Morgan fingerprint density at radius 3 is 1.89 bits per heavy atom. The fraction of sp³-hybridized carbons (Fsp3) is 0.286. The second kappa shape index (κ2) is 16.6. The predicted octanol–water partition coefficient (Wildman–Crippen LogP) is 5.31. The summed E-state index contributed by atoms with van der Waals surface area (Å²) < 4.78 is 4.49. The van der Waals surface area contributed by atoms with Crippen LogP contribution in [0.5, 0.6) is 0 Å². The molecule has 0 aliphatic rings. The molecule has 46 heavy (non-hydrogen) atoms. The number of amides is 4. The summed E-state index contributed by atoms with van der Waals surface area (Å²) >= 11 is 0. The monoisotopic (exact) mass is 624 g/mol. The first-order valence-corrected chi connectivity index (χ1v) is 15.3. The minimum atomic E-state index is -0.703. The molecule has 0 saturated carbocycles. The molecule has 0 fully saturated rings. The summed E-state index contributed by atoms with van der Waals surface area (Å²) in [6.45, 7) is 5.12. The lowest BCUT2D eigenvalue weighted by atomic mass is 9.99. The van der Waals surface area contributed by atoms with Crippen molar-refractivity contribution in [3.05, 3.63) is 84.8 Å². The number of H-pyrrole nitrogens is 1. The molecule has 0 aliphatic carbocycles. The van der Waals surface area contributed by atoms with E-state index in [9.17, 15) is 19.2 Å². The lowest BCUT2D eigenvalue weighted by molar-refractivity contribution is -0.133. The zero-order valence-corrected chi connectivity index (χ0v) is 26.4. The van der Waals surface area contributed by atoms with Crippen molar-refractivity contribution < 1.29 is 23.9 Å². The van der Waals surface area contributed by atoms with Gasteiger partial charge in [-0.05, 0) is 52.8 Å². The number of ether oxygens (including phenoxy) is 1. The third-order valence-electron chi connectivity index (χ3n) is 7.31. The third kappa shape index (κ3) is 9.28. The quantitative estimate of drug-likeness (QED) is 0.153. The number of imidazole rings is 1. The smallest absolute Gasteiger partial charge is 0.407 e. The summed E-state index contributed by atoms with van der Waals surface area (Å²) in [5.74, 6) is 0.0602. The van der Waals surface area contributed by atoms with E-state index >= 15 is 0 Å². The van der Waals surface area contributed by atoms with Gasteiger partial charge in [0, 0.05) is 18.8 Å². The standard InChI is InChI=1S/C35H40N6O5/c1-4-18-40(24-42)22-32-36-20-31(39-32)29-12-10-27(11-13-29)25-6-8-26(9-7-25)28-14-16-30(17-15-28)38-33(43)23-41(19-5-2)34(44)21-37-35(45)46-3/h6-17,20,24H,4-5,18-19,21-23H2,1-3H3,(H,36,39)(H,37,45)(H,38,43). The summed E-state index contributed by atoms with van der Waals surface area (Å²) in [6.07, 6.45) is 3.51. The van der Waals surface area contributed by atoms with E-state index in [1.807, 2.05) is 50.2 Å². The van der Waals surface area contributed by atoms with Gasteiger partial charge in [0.15, 0.2) is 0 Å².